The Hall–Kier alpha value is -2.63. The van der Waals surface area contributed by atoms with E-state index >= 15 is 0 Å². The summed E-state index contributed by atoms with van der Waals surface area (Å²) in [7, 11) is 1.99. The van der Waals surface area contributed by atoms with Crippen LogP contribution in [-0.4, -0.2) is 51.9 Å². The molecule has 3 aromatic heterocycles. The first kappa shape index (κ1) is 16.5. The Kier molecular flexibility index (Phi) is 3.99. The van der Waals surface area contributed by atoms with Gasteiger partial charge in [-0.05, 0) is 43.7 Å². The fourth-order valence-electron chi connectivity index (χ4n) is 4.31. The second kappa shape index (κ2) is 6.51. The van der Waals surface area contributed by atoms with Crippen LogP contribution in [0.3, 0.4) is 0 Å². The highest BCUT2D eigenvalue weighted by atomic mass is 16.2. The minimum atomic E-state index is 0.277. The van der Waals surface area contributed by atoms with Crippen molar-refractivity contribution in [1.29, 1.82) is 0 Å². The molecule has 1 amide bonds. The molecule has 5 rings (SSSR count). The van der Waals surface area contributed by atoms with Gasteiger partial charge in [-0.3, -0.25) is 4.79 Å². The number of nitrogens with one attached hydrogen (secondary N) is 1. The van der Waals surface area contributed by atoms with Crippen LogP contribution in [0.2, 0.25) is 0 Å². The fraction of sp³-hybridized carbons (Fsp3) is 0.476. The quantitative estimate of drug-likeness (QED) is 0.772. The number of carbonyl (C=O) groups excluding carboxylic acids is 1. The summed E-state index contributed by atoms with van der Waals surface area (Å²) in [6, 6.07) is 4.46. The first-order valence-corrected chi connectivity index (χ1v) is 9.92. The third-order valence-corrected chi connectivity index (χ3v) is 6.11. The van der Waals surface area contributed by atoms with Gasteiger partial charge in [-0.1, -0.05) is 0 Å². The van der Waals surface area contributed by atoms with Gasteiger partial charge in [0.2, 0.25) is 5.91 Å². The van der Waals surface area contributed by atoms with Gasteiger partial charge in [0.05, 0.1) is 11.7 Å². The number of piperidine rings is 1. The Balaban J connectivity index is 1.45. The summed E-state index contributed by atoms with van der Waals surface area (Å²) < 4.78 is 0. The van der Waals surface area contributed by atoms with Crippen LogP contribution in [0.1, 0.15) is 32.1 Å². The number of aromatic nitrogens is 3. The fourth-order valence-corrected chi connectivity index (χ4v) is 4.31. The van der Waals surface area contributed by atoms with Crippen molar-refractivity contribution < 1.29 is 4.79 Å². The summed E-state index contributed by atoms with van der Waals surface area (Å²) in [5.74, 6) is 0.946. The molecule has 0 radical (unpaired) electrons. The molecule has 3 aromatic rings. The zero-order chi connectivity index (χ0) is 18.4. The highest BCUT2D eigenvalue weighted by molar-refractivity contribution is 6.10. The van der Waals surface area contributed by atoms with Crippen LogP contribution < -0.4 is 4.90 Å². The number of pyridine rings is 2. The van der Waals surface area contributed by atoms with Gasteiger partial charge in [-0.2, -0.15) is 0 Å². The zero-order valence-corrected chi connectivity index (χ0v) is 15.7. The summed E-state index contributed by atoms with van der Waals surface area (Å²) in [5.41, 5.74) is 3.01. The lowest BCUT2D eigenvalue weighted by Crippen LogP contribution is -2.48. The van der Waals surface area contributed by atoms with E-state index in [-0.39, 0.29) is 6.04 Å². The van der Waals surface area contributed by atoms with Crippen molar-refractivity contribution in [2.45, 2.75) is 38.1 Å². The molecule has 6 nitrogen and oxygen atoms in total. The van der Waals surface area contributed by atoms with Crippen molar-refractivity contribution in [2.75, 3.05) is 25.0 Å². The number of hydrogen-bond acceptors (Lipinski definition) is 4. The van der Waals surface area contributed by atoms with Crippen LogP contribution in [0.5, 0.6) is 0 Å². The number of carbonyl (C=O) groups is 1. The number of hydrogen-bond donors (Lipinski definition) is 1. The summed E-state index contributed by atoms with van der Waals surface area (Å²) in [5, 5.41) is 2.26. The molecular weight excluding hydrogens is 338 g/mol. The average molecular weight is 363 g/mol. The molecule has 0 spiro atoms. The molecule has 1 aliphatic carbocycles. The van der Waals surface area contributed by atoms with Gasteiger partial charge < -0.3 is 14.8 Å². The van der Waals surface area contributed by atoms with E-state index in [2.05, 4.69) is 25.9 Å². The van der Waals surface area contributed by atoms with E-state index in [1.54, 1.807) is 0 Å². The molecule has 140 valence electrons. The van der Waals surface area contributed by atoms with Crippen molar-refractivity contribution in [3.63, 3.8) is 0 Å². The summed E-state index contributed by atoms with van der Waals surface area (Å²) >= 11 is 0. The maximum atomic E-state index is 12.6. The Bertz CT molecular complexity index is 993. The number of anilines is 1. The van der Waals surface area contributed by atoms with E-state index in [9.17, 15) is 4.79 Å². The molecule has 4 heterocycles. The van der Waals surface area contributed by atoms with Crippen molar-refractivity contribution >= 4 is 33.5 Å². The van der Waals surface area contributed by atoms with Crippen LogP contribution in [0.15, 0.2) is 30.7 Å². The van der Waals surface area contributed by atoms with Gasteiger partial charge in [0.25, 0.3) is 0 Å². The third-order valence-electron chi connectivity index (χ3n) is 6.11. The van der Waals surface area contributed by atoms with Crippen LogP contribution in [0.4, 0.5) is 5.69 Å². The number of aromatic amines is 1. The molecule has 1 unspecified atom stereocenters. The zero-order valence-electron chi connectivity index (χ0n) is 15.7. The molecule has 1 atom stereocenters. The smallest absolute Gasteiger partial charge is 0.222 e. The lowest BCUT2D eigenvalue weighted by molar-refractivity contribution is -0.132. The monoisotopic (exact) mass is 363 g/mol. The van der Waals surface area contributed by atoms with Gasteiger partial charge in [0.15, 0.2) is 5.65 Å². The Morgan fingerprint density at radius 2 is 2.19 bits per heavy atom. The number of amides is 1. The summed E-state index contributed by atoms with van der Waals surface area (Å²) in [6.45, 7) is 1.89. The number of H-pyrrole nitrogens is 1. The van der Waals surface area contributed by atoms with Crippen molar-refractivity contribution in [3.8, 4) is 0 Å². The van der Waals surface area contributed by atoms with E-state index in [4.69, 9.17) is 0 Å². The van der Waals surface area contributed by atoms with Crippen LogP contribution in [0.25, 0.3) is 21.9 Å². The standard InChI is InChI=1S/C21H25N5O/c1-25(19(27)11-14-4-5-14)15-3-2-10-26(13-15)18-7-9-22-17-12-24-21-16(20(17)18)6-8-23-21/h6-9,12,14-15,22H,2-5,10-11,13H2,1H3. The maximum Gasteiger partial charge on any atom is 0.222 e. The Labute approximate surface area is 158 Å². The second-order valence-electron chi connectivity index (χ2n) is 7.99. The topological polar surface area (TPSA) is 65.1 Å². The minimum absolute atomic E-state index is 0.277. The molecule has 1 saturated carbocycles. The molecule has 2 aliphatic rings. The molecular formula is C21H25N5O. The molecule has 27 heavy (non-hydrogen) atoms. The average Bonchev–Trinajstić information content (AvgIpc) is 3.38. The Morgan fingerprint density at radius 1 is 1.30 bits per heavy atom. The van der Waals surface area contributed by atoms with Gasteiger partial charge in [-0.15, -0.1) is 0 Å². The predicted molar refractivity (Wildman–Crippen MR) is 107 cm³/mol. The molecule has 6 heteroatoms. The third kappa shape index (κ3) is 3.03. The number of nitrogens with zero attached hydrogens (tertiary/aromatic N) is 4. The van der Waals surface area contributed by atoms with Crippen molar-refractivity contribution in [1.82, 2.24) is 19.9 Å². The minimum Gasteiger partial charge on any atom is -0.369 e. The van der Waals surface area contributed by atoms with Gasteiger partial charge in [0.1, 0.15) is 0 Å². The van der Waals surface area contributed by atoms with E-state index in [0.29, 0.717) is 11.8 Å². The SMILES string of the molecule is CN(C(=O)CC1CC1)C1CCCN(c2cc[nH]c3cnc4nccc4c23)C1. The van der Waals surface area contributed by atoms with Gasteiger partial charge >= 0.3 is 0 Å². The number of rotatable bonds is 4. The summed E-state index contributed by atoms with van der Waals surface area (Å²) in [4.78, 5) is 29.1. The van der Waals surface area contributed by atoms with Gasteiger partial charge in [-0.25, -0.2) is 9.97 Å². The first-order chi connectivity index (χ1) is 13.2. The van der Waals surface area contributed by atoms with Gasteiger partial charge in [0, 0.05) is 61.5 Å². The Morgan fingerprint density at radius 3 is 3.04 bits per heavy atom. The largest absolute Gasteiger partial charge is 0.369 e. The van der Waals surface area contributed by atoms with E-state index < -0.39 is 0 Å². The van der Waals surface area contributed by atoms with Crippen molar-refractivity contribution in [3.05, 3.63) is 30.7 Å². The van der Waals surface area contributed by atoms with E-state index in [1.807, 2.05) is 36.6 Å². The molecule has 1 N–H and O–H groups in total. The number of likely N-dealkylation sites (N-methyl/N-ethyl adjacent to an activating group) is 1. The maximum absolute atomic E-state index is 12.6. The molecule has 1 saturated heterocycles. The lowest BCUT2D eigenvalue weighted by atomic mass is 10.0. The second-order valence-corrected chi connectivity index (χ2v) is 7.99. The highest BCUT2D eigenvalue weighted by Crippen LogP contribution is 2.35. The summed E-state index contributed by atoms with van der Waals surface area (Å²) in [6.07, 6.45) is 11.0. The normalized spacial score (nSPS) is 20.3. The molecule has 0 bridgehead atoms. The number of fused-ring (bicyclic) bond motifs is 3. The molecule has 2 fully saturated rings. The molecule has 0 aromatic carbocycles. The van der Waals surface area contributed by atoms with Crippen molar-refractivity contribution in [2.24, 2.45) is 5.92 Å². The predicted octanol–water partition coefficient (Wildman–Crippen LogP) is 3.34. The molecule has 1 aliphatic heterocycles. The highest BCUT2D eigenvalue weighted by Gasteiger charge is 2.31. The van der Waals surface area contributed by atoms with E-state index in [1.165, 1.54) is 23.9 Å². The lowest BCUT2D eigenvalue weighted by Gasteiger charge is -2.39. The van der Waals surface area contributed by atoms with Crippen LogP contribution >= 0.6 is 0 Å². The van der Waals surface area contributed by atoms with E-state index in [0.717, 1.165) is 48.9 Å². The van der Waals surface area contributed by atoms with Crippen LogP contribution in [-0.2, 0) is 4.79 Å². The van der Waals surface area contributed by atoms with Crippen LogP contribution in [0, 0.1) is 5.92 Å². The first-order valence-electron chi connectivity index (χ1n) is 9.92.